The first-order chi connectivity index (χ1) is 7.59. The number of phenols is 1. The van der Waals surface area contributed by atoms with Crippen LogP contribution in [0.15, 0.2) is 40.9 Å². The summed E-state index contributed by atoms with van der Waals surface area (Å²) in [6, 6.07) is 11.6. The standard InChI is InChI=1S/C14H13BrO/c1-9-7-12(10(2)13(15)8-9)11-5-3-4-6-14(11)16/h3-8,16H,1-2H3. The van der Waals surface area contributed by atoms with Gasteiger partial charge in [-0.05, 0) is 42.7 Å². The van der Waals surface area contributed by atoms with Crippen LogP contribution in [0.5, 0.6) is 5.75 Å². The highest BCUT2D eigenvalue weighted by Gasteiger charge is 2.09. The SMILES string of the molecule is Cc1cc(Br)c(C)c(-c2ccccc2O)c1. The average molecular weight is 277 g/mol. The Morgan fingerprint density at radius 3 is 2.38 bits per heavy atom. The van der Waals surface area contributed by atoms with E-state index < -0.39 is 0 Å². The third-order valence-electron chi connectivity index (χ3n) is 2.68. The first-order valence-corrected chi connectivity index (χ1v) is 5.94. The van der Waals surface area contributed by atoms with Crippen LogP contribution in [0.4, 0.5) is 0 Å². The number of aromatic hydroxyl groups is 1. The fourth-order valence-electron chi connectivity index (χ4n) is 1.80. The Kier molecular flexibility index (Phi) is 3.01. The van der Waals surface area contributed by atoms with Crippen molar-refractivity contribution in [1.82, 2.24) is 0 Å². The largest absolute Gasteiger partial charge is 0.507 e. The molecule has 0 saturated heterocycles. The van der Waals surface area contributed by atoms with Gasteiger partial charge in [0.05, 0.1) is 0 Å². The second kappa shape index (κ2) is 4.30. The zero-order valence-corrected chi connectivity index (χ0v) is 10.9. The maximum atomic E-state index is 9.85. The summed E-state index contributed by atoms with van der Waals surface area (Å²) in [4.78, 5) is 0. The van der Waals surface area contributed by atoms with Crippen LogP contribution in [-0.4, -0.2) is 5.11 Å². The Hall–Kier alpha value is -1.28. The lowest BCUT2D eigenvalue weighted by Gasteiger charge is -2.11. The van der Waals surface area contributed by atoms with Crippen molar-refractivity contribution in [3.63, 3.8) is 0 Å². The number of benzene rings is 2. The van der Waals surface area contributed by atoms with Crippen LogP contribution in [0.25, 0.3) is 11.1 Å². The molecular formula is C14H13BrO. The average Bonchev–Trinajstić information content (AvgIpc) is 2.24. The van der Waals surface area contributed by atoms with Gasteiger partial charge in [0, 0.05) is 10.0 Å². The molecule has 0 aliphatic carbocycles. The summed E-state index contributed by atoms with van der Waals surface area (Å²) in [5.41, 5.74) is 4.28. The van der Waals surface area contributed by atoms with Crippen LogP contribution in [0.3, 0.4) is 0 Å². The summed E-state index contributed by atoms with van der Waals surface area (Å²) in [7, 11) is 0. The number of phenolic OH excluding ortho intramolecular Hbond substituents is 1. The van der Waals surface area contributed by atoms with E-state index in [-0.39, 0.29) is 0 Å². The lowest BCUT2D eigenvalue weighted by Crippen LogP contribution is -1.87. The summed E-state index contributed by atoms with van der Waals surface area (Å²) in [6.07, 6.45) is 0. The van der Waals surface area contributed by atoms with Gasteiger partial charge >= 0.3 is 0 Å². The van der Waals surface area contributed by atoms with E-state index in [9.17, 15) is 5.11 Å². The highest BCUT2D eigenvalue weighted by Crippen LogP contribution is 2.34. The van der Waals surface area contributed by atoms with Gasteiger partial charge in [0.1, 0.15) is 5.75 Å². The Morgan fingerprint density at radius 2 is 1.69 bits per heavy atom. The van der Waals surface area contributed by atoms with Crippen molar-refractivity contribution >= 4 is 15.9 Å². The van der Waals surface area contributed by atoms with Crippen molar-refractivity contribution in [3.05, 3.63) is 52.0 Å². The third kappa shape index (κ3) is 1.98. The Bertz CT molecular complexity index is 532. The fourth-order valence-corrected chi connectivity index (χ4v) is 2.37. The topological polar surface area (TPSA) is 20.2 Å². The van der Waals surface area contributed by atoms with Crippen LogP contribution in [0.2, 0.25) is 0 Å². The van der Waals surface area contributed by atoms with Gasteiger partial charge < -0.3 is 5.11 Å². The van der Waals surface area contributed by atoms with E-state index in [0.717, 1.165) is 21.2 Å². The Balaban J connectivity index is 2.69. The number of para-hydroxylation sites is 1. The van der Waals surface area contributed by atoms with Crippen LogP contribution < -0.4 is 0 Å². The monoisotopic (exact) mass is 276 g/mol. The molecule has 0 atom stereocenters. The van der Waals surface area contributed by atoms with E-state index in [4.69, 9.17) is 0 Å². The van der Waals surface area contributed by atoms with E-state index in [2.05, 4.69) is 28.1 Å². The second-order valence-corrected chi connectivity index (χ2v) is 4.79. The maximum absolute atomic E-state index is 9.85. The molecule has 16 heavy (non-hydrogen) atoms. The van der Waals surface area contributed by atoms with E-state index >= 15 is 0 Å². The van der Waals surface area contributed by atoms with Crippen molar-refractivity contribution in [1.29, 1.82) is 0 Å². The molecule has 2 rings (SSSR count). The van der Waals surface area contributed by atoms with Crippen molar-refractivity contribution in [2.24, 2.45) is 0 Å². The highest BCUT2D eigenvalue weighted by atomic mass is 79.9. The van der Waals surface area contributed by atoms with Gasteiger partial charge in [-0.1, -0.05) is 40.2 Å². The smallest absolute Gasteiger partial charge is 0.123 e. The van der Waals surface area contributed by atoms with Crippen LogP contribution in [0, 0.1) is 13.8 Å². The molecular weight excluding hydrogens is 264 g/mol. The summed E-state index contributed by atoms with van der Waals surface area (Å²) < 4.78 is 1.07. The van der Waals surface area contributed by atoms with Crippen LogP contribution in [-0.2, 0) is 0 Å². The zero-order chi connectivity index (χ0) is 11.7. The van der Waals surface area contributed by atoms with E-state index in [1.54, 1.807) is 6.07 Å². The number of hydrogen-bond acceptors (Lipinski definition) is 1. The minimum atomic E-state index is 0.322. The van der Waals surface area contributed by atoms with Gasteiger partial charge in [0.25, 0.3) is 0 Å². The lowest BCUT2D eigenvalue weighted by molar-refractivity contribution is 0.477. The normalized spacial score (nSPS) is 10.4. The van der Waals surface area contributed by atoms with Crippen LogP contribution >= 0.6 is 15.9 Å². The third-order valence-corrected chi connectivity index (χ3v) is 3.51. The number of halogens is 1. The molecule has 1 N–H and O–H groups in total. The molecule has 0 aromatic heterocycles. The Morgan fingerprint density at radius 1 is 1.00 bits per heavy atom. The molecule has 0 radical (unpaired) electrons. The van der Waals surface area contributed by atoms with E-state index in [1.165, 1.54) is 5.56 Å². The predicted octanol–water partition coefficient (Wildman–Crippen LogP) is 4.44. The summed E-state index contributed by atoms with van der Waals surface area (Å²) in [6.45, 7) is 4.10. The second-order valence-electron chi connectivity index (χ2n) is 3.94. The zero-order valence-electron chi connectivity index (χ0n) is 9.29. The first kappa shape index (κ1) is 11.2. The number of rotatable bonds is 1. The van der Waals surface area contributed by atoms with Crippen LogP contribution in [0.1, 0.15) is 11.1 Å². The number of hydrogen-bond donors (Lipinski definition) is 1. The molecule has 0 saturated carbocycles. The molecule has 82 valence electrons. The molecule has 0 bridgehead atoms. The van der Waals surface area contributed by atoms with Gasteiger partial charge in [0.15, 0.2) is 0 Å². The molecule has 2 aromatic carbocycles. The quantitative estimate of drug-likeness (QED) is 0.817. The van der Waals surface area contributed by atoms with Crippen molar-refractivity contribution < 1.29 is 5.11 Å². The predicted molar refractivity (Wildman–Crippen MR) is 70.7 cm³/mol. The molecule has 0 amide bonds. The lowest BCUT2D eigenvalue weighted by atomic mass is 9.98. The Labute approximate surface area is 104 Å². The maximum Gasteiger partial charge on any atom is 0.123 e. The first-order valence-electron chi connectivity index (χ1n) is 5.14. The molecule has 0 aliphatic rings. The van der Waals surface area contributed by atoms with Crippen molar-refractivity contribution in [3.8, 4) is 16.9 Å². The molecule has 0 spiro atoms. The van der Waals surface area contributed by atoms with Crippen molar-refractivity contribution in [2.45, 2.75) is 13.8 Å². The van der Waals surface area contributed by atoms with Gasteiger partial charge in [-0.3, -0.25) is 0 Å². The summed E-state index contributed by atoms with van der Waals surface area (Å²) >= 11 is 3.54. The molecule has 0 fully saturated rings. The van der Waals surface area contributed by atoms with Gasteiger partial charge in [0.2, 0.25) is 0 Å². The van der Waals surface area contributed by atoms with Crippen molar-refractivity contribution in [2.75, 3.05) is 0 Å². The fraction of sp³-hybridized carbons (Fsp3) is 0.143. The summed E-state index contributed by atoms with van der Waals surface area (Å²) in [5.74, 6) is 0.322. The van der Waals surface area contributed by atoms with E-state index in [0.29, 0.717) is 5.75 Å². The van der Waals surface area contributed by atoms with E-state index in [1.807, 2.05) is 32.0 Å². The summed E-state index contributed by atoms with van der Waals surface area (Å²) in [5, 5.41) is 9.85. The molecule has 0 heterocycles. The molecule has 1 nitrogen and oxygen atoms in total. The molecule has 0 unspecified atom stereocenters. The highest BCUT2D eigenvalue weighted by molar-refractivity contribution is 9.10. The number of aryl methyl sites for hydroxylation is 1. The van der Waals surface area contributed by atoms with Gasteiger partial charge in [-0.25, -0.2) is 0 Å². The molecule has 0 aliphatic heterocycles. The van der Waals surface area contributed by atoms with Gasteiger partial charge in [-0.2, -0.15) is 0 Å². The molecule has 2 heteroatoms. The minimum absolute atomic E-state index is 0.322. The minimum Gasteiger partial charge on any atom is -0.507 e. The molecule has 2 aromatic rings. The van der Waals surface area contributed by atoms with Gasteiger partial charge in [-0.15, -0.1) is 0 Å².